The van der Waals surface area contributed by atoms with Crippen LogP contribution in [0.4, 0.5) is 4.79 Å². The number of hydrogen-bond acceptors (Lipinski definition) is 4. The Labute approximate surface area is 97.7 Å². The van der Waals surface area contributed by atoms with Gasteiger partial charge in [-0.1, -0.05) is 6.92 Å². The Morgan fingerprint density at radius 3 is 2.44 bits per heavy atom. The van der Waals surface area contributed by atoms with Gasteiger partial charge in [0.25, 0.3) is 0 Å². The van der Waals surface area contributed by atoms with Gasteiger partial charge >= 0.3 is 6.09 Å². The predicted molar refractivity (Wildman–Crippen MR) is 63.0 cm³/mol. The van der Waals surface area contributed by atoms with Gasteiger partial charge in [0.1, 0.15) is 5.60 Å². The van der Waals surface area contributed by atoms with E-state index in [1.165, 1.54) is 0 Å². The molecule has 0 unspecified atom stereocenters. The van der Waals surface area contributed by atoms with E-state index in [1.54, 1.807) is 4.90 Å². The molecule has 0 aromatic carbocycles. The first-order valence-electron chi connectivity index (χ1n) is 5.79. The Morgan fingerprint density at radius 1 is 1.50 bits per heavy atom. The van der Waals surface area contributed by atoms with E-state index in [9.17, 15) is 4.79 Å². The van der Waals surface area contributed by atoms with Crippen LogP contribution in [0.3, 0.4) is 0 Å². The van der Waals surface area contributed by atoms with Gasteiger partial charge < -0.3 is 9.64 Å². The fourth-order valence-corrected chi connectivity index (χ4v) is 1.73. The van der Waals surface area contributed by atoms with Gasteiger partial charge in [-0.2, -0.15) is 0 Å². The minimum Gasteiger partial charge on any atom is -0.444 e. The molecule has 0 atom stereocenters. The van der Waals surface area contributed by atoms with Crippen LogP contribution in [0.2, 0.25) is 0 Å². The van der Waals surface area contributed by atoms with Crippen LogP contribution in [0, 0.1) is 0 Å². The molecule has 5 heteroatoms. The Balaban J connectivity index is 2.33. The normalized spacial score (nSPS) is 17.5. The lowest BCUT2D eigenvalue weighted by atomic mass is 10.1. The third-order valence-electron chi connectivity index (χ3n) is 2.58. The van der Waals surface area contributed by atoms with Crippen LogP contribution in [0.5, 0.6) is 0 Å². The second-order valence-electron chi connectivity index (χ2n) is 5.05. The third kappa shape index (κ3) is 3.35. The van der Waals surface area contributed by atoms with Crippen molar-refractivity contribution in [2.24, 2.45) is 0 Å². The molecule has 1 aliphatic rings. The predicted octanol–water partition coefficient (Wildman–Crippen LogP) is 1.06. The van der Waals surface area contributed by atoms with Gasteiger partial charge in [0.05, 0.1) is 6.04 Å². The van der Waals surface area contributed by atoms with Gasteiger partial charge in [-0.15, -0.1) is 0 Å². The number of likely N-dealkylation sites (tertiary alicyclic amines) is 1. The molecule has 0 spiro atoms. The highest BCUT2D eigenvalue weighted by Crippen LogP contribution is 2.17. The summed E-state index contributed by atoms with van der Waals surface area (Å²) in [7, 11) is 1.90. The number of carbonyl (C=O) groups excluding carboxylic acids is 1. The Bertz CT molecular complexity index is 240. The Morgan fingerprint density at radius 2 is 2.06 bits per heavy atom. The molecule has 16 heavy (non-hydrogen) atoms. The van der Waals surface area contributed by atoms with Crippen LogP contribution >= 0.6 is 0 Å². The zero-order valence-corrected chi connectivity index (χ0v) is 10.9. The summed E-state index contributed by atoms with van der Waals surface area (Å²) in [4.78, 5) is 13.4. The summed E-state index contributed by atoms with van der Waals surface area (Å²) >= 11 is 0. The quantitative estimate of drug-likeness (QED) is 0.735. The second kappa shape index (κ2) is 5.01. The molecule has 0 saturated carbocycles. The molecule has 1 heterocycles. The van der Waals surface area contributed by atoms with Crippen molar-refractivity contribution in [1.82, 2.24) is 15.3 Å². The molecule has 5 nitrogen and oxygen atoms in total. The smallest absolute Gasteiger partial charge is 0.410 e. The molecule has 0 aromatic rings. The molecule has 1 saturated heterocycles. The standard InChI is InChI=1S/C11H23N3O2/c1-6-14(12-5)9-7-13(8-9)10(15)16-11(2,3)4/h9,12H,6-8H2,1-5H3. The zero-order chi connectivity index (χ0) is 12.3. The van der Waals surface area contributed by atoms with Gasteiger partial charge in [-0.05, 0) is 27.8 Å². The topological polar surface area (TPSA) is 44.8 Å². The van der Waals surface area contributed by atoms with Crippen molar-refractivity contribution in [3.05, 3.63) is 0 Å². The number of carbonyl (C=O) groups is 1. The second-order valence-corrected chi connectivity index (χ2v) is 5.05. The van der Waals surface area contributed by atoms with Crippen LogP contribution in [0.1, 0.15) is 27.7 Å². The summed E-state index contributed by atoms with van der Waals surface area (Å²) in [5.41, 5.74) is 2.71. The average Bonchev–Trinajstić information content (AvgIpc) is 2.06. The molecule has 1 rings (SSSR count). The number of amides is 1. The van der Waals surface area contributed by atoms with Crippen molar-refractivity contribution < 1.29 is 9.53 Å². The van der Waals surface area contributed by atoms with Crippen molar-refractivity contribution >= 4 is 6.09 Å². The van der Waals surface area contributed by atoms with Gasteiger partial charge in [0, 0.05) is 19.6 Å². The van der Waals surface area contributed by atoms with E-state index in [1.807, 2.05) is 27.8 Å². The van der Waals surface area contributed by atoms with E-state index in [-0.39, 0.29) is 6.09 Å². The van der Waals surface area contributed by atoms with Crippen LogP contribution in [-0.4, -0.2) is 54.3 Å². The minimum atomic E-state index is -0.407. The van der Waals surface area contributed by atoms with E-state index < -0.39 is 5.60 Å². The summed E-state index contributed by atoms with van der Waals surface area (Å²) < 4.78 is 5.29. The maximum absolute atomic E-state index is 11.7. The Kier molecular flexibility index (Phi) is 4.15. The molecule has 0 bridgehead atoms. The maximum Gasteiger partial charge on any atom is 0.410 e. The van der Waals surface area contributed by atoms with Crippen LogP contribution < -0.4 is 5.43 Å². The van der Waals surface area contributed by atoms with Crippen molar-refractivity contribution in [2.45, 2.75) is 39.3 Å². The first-order chi connectivity index (χ1) is 7.37. The summed E-state index contributed by atoms with van der Waals surface area (Å²) in [5.74, 6) is 0. The molecule has 0 aromatic heterocycles. The molecule has 94 valence electrons. The summed E-state index contributed by atoms with van der Waals surface area (Å²) in [5, 5.41) is 2.13. The Hall–Kier alpha value is -0.810. The molecular weight excluding hydrogens is 206 g/mol. The molecular formula is C11H23N3O2. The molecule has 1 fully saturated rings. The highest BCUT2D eigenvalue weighted by Gasteiger charge is 2.36. The number of likely N-dealkylation sites (N-methyl/N-ethyl adjacent to an activating group) is 1. The molecule has 1 aliphatic heterocycles. The van der Waals surface area contributed by atoms with Gasteiger partial charge in [-0.25, -0.2) is 9.80 Å². The number of hydrazine groups is 1. The lowest BCUT2D eigenvalue weighted by molar-refractivity contribution is -0.0236. The summed E-state index contributed by atoms with van der Waals surface area (Å²) in [6, 6.07) is 0.405. The van der Waals surface area contributed by atoms with Crippen LogP contribution in [0.15, 0.2) is 0 Å². The lowest BCUT2D eigenvalue weighted by Gasteiger charge is -2.44. The van der Waals surface area contributed by atoms with Crippen molar-refractivity contribution in [3.63, 3.8) is 0 Å². The summed E-state index contributed by atoms with van der Waals surface area (Å²) in [6.45, 7) is 10.2. The molecule has 1 N–H and O–H groups in total. The zero-order valence-electron chi connectivity index (χ0n) is 10.9. The van der Waals surface area contributed by atoms with E-state index in [0.29, 0.717) is 6.04 Å². The monoisotopic (exact) mass is 229 g/mol. The van der Waals surface area contributed by atoms with E-state index in [0.717, 1.165) is 19.6 Å². The third-order valence-corrected chi connectivity index (χ3v) is 2.58. The first kappa shape index (κ1) is 13.3. The number of nitrogens with zero attached hydrogens (tertiary/aromatic N) is 2. The molecule has 0 aliphatic carbocycles. The average molecular weight is 229 g/mol. The SMILES string of the molecule is CCN(NC)C1CN(C(=O)OC(C)(C)C)C1. The number of rotatable bonds is 3. The van der Waals surface area contributed by atoms with Crippen molar-refractivity contribution in [1.29, 1.82) is 0 Å². The van der Waals surface area contributed by atoms with Crippen molar-refractivity contribution in [3.8, 4) is 0 Å². The van der Waals surface area contributed by atoms with Crippen LogP contribution in [-0.2, 0) is 4.74 Å². The van der Waals surface area contributed by atoms with Gasteiger partial charge in [0.2, 0.25) is 0 Å². The molecule has 1 amide bonds. The first-order valence-corrected chi connectivity index (χ1v) is 5.79. The van der Waals surface area contributed by atoms with Gasteiger partial charge in [-0.3, -0.25) is 5.43 Å². The fraction of sp³-hybridized carbons (Fsp3) is 0.909. The van der Waals surface area contributed by atoms with Gasteiger partial charge in [0.15, 0.2) is 0 Å². The van der Waals surface area contributed by atoms with E-state index in [2.05, 4.69) is 17.4 Å². The number of hydrogen-bond donors (Lipinski definition) is 1. The highest BCUT2D eigenvalue weighted by atomic mass is 16.6. The maximum atomic E-state index is 11.7. The lowest BCUT2D eigenvalue weighted by Crippen LogP contribution is -2.64. The van der Waals surface area contributed by atoms with Crippen LogP contribution in [0.25, 0.3) is 0 Å². The highest BCUT2D eigenvalue weighted by molar-refractivity contribution is 5.69. The largest absolute Gasteiger partial charge is 0.444 e. The van der Waals surface area contributed by atoms with E-state index >= 15 is 0 Å². The molecule has 0 radical (unpaired) electrons. The number of nitrogens with one attached hydrogen (secondary N) is 1. The number of ether oxygens (including phenoxy) is 1. The van der Waals surface area contributed by atoms with Crippen molar-refractivity contribution in [2.75, 3.05) is 26.7 Å². The fourth-order valence-electron chi connectivity index (χ4n) is 1.73. The minimum absolute atomic E-state index is 0.212. The van der Waals surface area contributed by atoms with E-state index in [4.69, 9.17) is 4.74 Å². The summed E-state index contributed by atoms with van der Waals surface area (Å²) in [6.07, 6.45) is -0.212.